The minimum Gasteiger partial charge on any atom is -0.481 e. The van der Waals surface area contributed by atoms with Gasteiger partial charge in [0, 0.05) is 6.54 Å². The molecule has 5 nitrogen and oxygen atoms in total. The molecule has 1 atom stereocenters. The molecule has 0 heterocycles. The number of hydrogen-bond donors (Lipinski definition) is 3. The van der Waals surface area contributed by atoms with Gasteiger partial charge in [0.15, 0.2) is 0 Å². The highest BCUT2D eigenvalue weighted by molar-refractivity contribution is 5.83. The Morgan fingerprint density at radius 3 is 2.53 bits per heavy atom. The lowest BCUT2D eigenvalue weighted by Crippen LogP contribution is -2.43. The lowest BCUT2D eigenvalue weighted by atomic mass is 10.1. The van der Waals surface area contributed by atoms with Crippen LogP contribution in [0.15, 0.2) is 0 Å². The van der Waals surface area contributed by atoms with Crippen molar-refractivity contribution >= 4 is 11.9 Å². The standard InChI is InChI=1S/C10H18N2O3/c1-2-3-7(11)8(13)12-6-10(4-5-10)9(14)15/h7H,2-6,11H2,1H3,(H,12,13)(H,14,15)/t7-/m0/s1. The van der Waals surface area contributed by atoms with Gasteiger partial charge >= 0.3 is 5.97 Å². The van der Waals surface area contributed by atoms with Crippen molar-refractivity contribution in [1.29, 1.82) is 0 Å². The zero-order valence-corrected chi connectivity index (χ0v) is 8.95. The smallest absolute Gasteiger partial charge is 0.311 e. The van der Waals surface area contributed by atoms with Crippen molar-refractivity contribution in [3.05, 3.63) is 0 Å². The number of carboxylic acid groups (broad SMARTS) is 1. The molecule has 1 aliphatic carbocycles. The quantitative estimate of drug-likeness (QED) is 0.584. The maximum atomic E-state index is 11.4. The predicted molar refractivity (Wildman–Crippen MR) is 55.2 cm³/mol. The summed E-state index contributed by atoms with van der Waals surface area (Å²) in [6.45, 7) is 2.16. The summed E-state index contributed by atoms with van der Waals surface area (Å²) < 4.78 is 0. The molecule has 0 aromatic rings. The Kier molecular flexibility index (Phi) is 3.68. The first-order chi connectivity index (χ1) is 7.02. The van der Waals surface area contributed by atoms with Crippen LogP contribution in [-0.4, -0.2) is 29.6 Å². The summed E-state index contributed by atoms with van der Waals surface area (Å²) in [7, 11) is 0. The van der Waals surface area contributed by atoms with Crippen molar-refractivity contribution in [3.8, 4) is 0 Å². The van der Waals surface area contributed by atoms with E-state index in [0.29, 0.717) is 19.3 Å². The fraction of sp³-hybridized carbons (Fsp3) is 0.800. The molecule has 0 radical (unpaired) electrons. The first-order valence-corrected chi connectivity index (χ1v) is 5.28. The van der Waals surface area contributed by atoms with E-state index in [1.54, 1.807) is 0 Å². The molecule has 86 valence electrons. The minimum absolute atomic E-state index is 0.207. The molecule has 0 aliphatic heterocycles. The van der Waals surface area contributed by atoms with Crippen molar-refractivity contribution in [3.63, 3.8) is 0 Å². The Balaban J connectivity index is 2.31. The van der Waals surface area contributed by atoms with Crippen molar-refractivity contribution in [2.24, 2.45) is 11.1 Å². The van der Waals surface area contributed by atoms with Crippen LogP contribution in [-0.2, 0) is 9.59 Å². The Morgan fingerprint density at radius 2 is 2.13 bits per heavy atom. The van der Waals surface area contributed by atoms with Crippen molar-refractivity contribution in [2.45, 2.75) is 38.6 Å². The van der Waals surface area contributed by atoms with Gasteiger partial charge in [-0.05, 0) is 19.3 Å². The van der Waals surface area contributed by atoms with E-state index in [9.17, 15) is 9.59 Å². The number of hydrogen-bond acceptors (Lipinski definition) is 3. The number of rotatable bonds is 6. The summed E-state index contributed by atoms with van der Waals surface area (Å²) >= 11 is 0. The lowest BCUT2D eigenvalue weighted by Gasteiger charge is -2.14. The molecular formula is C10H18N2O3. The van der Waals surface area contributed by atoms with Gasteiger partial charge in [-0.1, -0.05) is 13.3 Å². The molecule has 1 rings (SSSR count). The largest absolute Gasteiger partial charge is 0.481 e. The van der Waals surface area contributed by atoms with E-state index >= 15 is 0 Å². The molecule has 1 saturated carbocycles. The lowest BCUT2D eigenvalue weighted by molar-refractivity contribution is -0.143. The molecule has 0 saturated heterocycles. The molecule has 5 heteroatoms. The monoisotopic (exact) mass is 214 g/mol. The van der Waals surface area contributed by atoms with Crippen LogP contribution in [0.5, 0.6) is 0 Å². The summed E-state index contributed by atoms with van der Waals surface area (Å²) in [6, 6.07) is -0.514. The number of nitrogens with one attached hydrogen (secondary N) is 1. The van der Waals surface area contributed by atoms with Gasteiger partial charge < -0.3 is 16.2 Å². The van der Waals surface area contributed by atoms with E-state index in [-0.39, 0.29) is 12.5 Å². The first kappa shape index (κ1) is 12.0. The highest BCUT2D eigenvalue weighted by atomic mass is 16.4. The third kappa shape index (κ3) is 2.92. The highest BCUT2D eigenvalue weighted by Crippen LogP contribution is 2.45. The first-order valence-electron chi connectivity index (χ1n) is 5.28. The van der Waals surface area contributed by atoms with E-state index in [1.165, 1.54) is 0 Å². The van der Waals surface area contributed by atoms with Crippen LogP contribution in [0.1, 0.15) is 32.6 Å². The second-order valence-electron chi connectivity index (χ2n) is 4.20. The Bertz CT molecular complexity index is 261. The number of carbonyl (C=O) groups excluding carboxylic acids is 1. The second kappa shape index (κ2) is 4.61. The molecule has 0 aromatic carbocycles. The average molecular weight is 214 g/mol. The molecule has 0 spiro atoms. The number of carbonyl (C=O) groups is 2. The van der Waals surface area contributed by atoms with Crippen LogP contribution in [0.4, 0.5) is 0 Å². The van der Waals surface area contributed by atoms with Gasteiger partial charge in [0.1, 0.15) is 0 Å². The van der Waals surface area contributed by atoms with Crippen molar-refractivity contribution < 1.29 is 14.7 Å². The van der Waals surface area contributed by atoms with Crippen molar-refractivity contribution in [2.75, 3.05) is 6.54 Å². The van der Waals surface area contributed by atoms with Crippen molar-refractivity contribution in [1.82, 2.24) is 5.32 Å². The maximum absolute atomic E-state index is 11.4. The molecule has 0 unspecified atom stereocenters. The maximum Gasteiger partial charge on any atom is 0.311 e. The topological polar surface area (TPSA) is 92.4 Å². The molecule has 1 amide bonds. The van der Waals surface area contributed by atoms with E-state index in [1.807, 2.05) is 6.92 Å². The summed E-state index contributed by atoms with van der Waals surface area (Å²) in [6.07, 6.45) is 2.77. The van der Waals surface area contributed by atoms with E-state index in [4.69, 9.17) is 10.8 Å². The van der Waals surface area contributed by atoms with Gasteiger partial charge in [-0.15, -0.1) is 0 Å². The number of aliphatic carboxylic acids is 1. The normalized spacial score (nSPS) is 19.3. The molecular weight excluding hydrogens is 196 g/mol. The average Bonchev–Trinajstić information content (AvgIpc) is 2.95. The highest BCUT2D eigenvalue weighted by Gasteiger charge is 2.50. The van der Waals surface area contributed by atoms with Crippen LogP contribution in [0, 0.1) is 5.41 Å². The Labute approximate surface area is 89.0 Å². The molecule has 1 aliphatic rings. The van der Waals surface area contributed by atoms with Crippen LogP contribution in [0.3, 0.4) is 0 Å². The number of nitrogens with two attached hydrogens (primary N) is 1. The second-order valence-corrected chi connectivity index (χ2v) is 4.20. The summed E-state index contributed by atoms with van der Waals surface area (Å²) in [4.78, 5) is 22.2. The van der Waals surface area contributed by atoms with Crippen LogP contribution in [0.2, 0.25) is 0 Å². The fourth-order valence-electron chi connectivity index (χ4n) is 1.45. The Hall–Kier alpha value is -1.10. The van der Waals surface area contributed by atoms with Gasteiger partial charge in [0.2, 0.25) is 5.91 Å². The Morgan fingerprint density at radius 1 is 1.53 bits per heavy atom. The molecule has 0 bridgehead atoms. The zero-order chi connectivity index (χ0) is 11.5. The summed E-state index contributed by atoms with van der Waals surface area (Å²) in [5.74, 6) is -1.07. The molecule has 4 N–H and O–H groups in total. The fourth-order valence-corrected chi connectivity index (χ4v) is 1.45. The molecule has 0 aromatic heterocycles. The van der Waals surface area contributed by atoms with E-state index in [2.05, 4.69) is 5.32 Å². The van der Waals surface area contributed by atoms with E-state index < -0.39 is 17.4 Å². The van der Waals surface area contributed by atoms with Gasteiger partial charge in [-0.2, -0.15) is 0 Å². The van der Waals surface area contributed by atoms with Gasteiger partial charge in [-0.3, -0.25) is 9.59 Å². The predicted octanol–water partition coefficient (Wildman–Crippen LogP) is 0.0948. The molecule has 1 fully saturated rings. The summed E-state index contributed by atoms with van der Waals surface area (Å²) in [5.41, 5.74) is 4.89. The molecule has 15 heavy (non-hydrogen) atoms. The third-order valence-electron chi connectivity index (χ3n) is 2.84. The van der Waals surface area contributed by atoms with Crippen LogP contribution < -0.4 is 11.1 Å². The van der Waals surface area contributed by atoms with Gasteiger partial charge in [-0.25, -0.2) is 0 Å². The van der Waals surface area contributed by atoms with Gasteiger partial charge in [0.05, 0.1) is 11.5 Å². The third-order valence-corrected chi connectivity index (χ3v) is 2.84. The number of amides is 1. The SMILES string of the molecule is CCC[C@H](N)C(=O)NCC1(C(=O)O)CC1. The van der Waals surface area contributed by atoms with Crippen LogP contribution in [0.25, 0.3) is 0 Å². The summed E-state index contributed by atoms with van der Waals surface area (Å²) in [5, 5.41) is 11.5. The van der Waals surface area contributed by atoms with E-state index in [0.717, 1.165) is 6.42 Å². The van der Waals surface area contributed by atoms with Gasteiger partial charge in [0.25, 0.3) is 0 Å². The minimum atomic E-state index is -0.827. The van der Waals surface area contributed by atoms with Crippen LogP contribution >= 0.6 is 0 Å². The zero-order valence-electron chi connectivity index (χ0n) is 8.95. The number of carboxylic acids is 1.